The lowest BCUT2D eigenvalue weighted by molar-refractivity contribution is 1.05. The SMILES string of the molecule is c1ccc(-c2cc(-n3c4ccccc4c4ccc(-c5ccc6c(c5)c5ccccc5n6-c5cncc(-c6ccc7sc8cccnc8c7n6)c5)cc43)nc(-c3ccccc3)n2)cc1. The summed E-state index contributed by atoms with van der Waals surface area (Å²) < 4.78 is 6.87. The average molecular weight is 824 g/mol. The van der Waals surface area contributed by atoms with Crippen LogP contribution in [-0.2, 0) is 0 Å². The number of fused-ring (bicyclic) bond motifs is 9. The summed E-state index contributed by atoms with van der Waals surface area (Å²) in [7, 11) is 0. The molecule has 0 atom stereocenters. The predicted molar refractivity (Wildman–Crippen MR) is 259 cm³/mol. The van der Waals surface area contributed by atoms with Gasteiger partial charge in [-0.05, 0) is 71.8 Å². The Morgan fingerprint density at radius 1 is 0.381 bits per heavy atom. The summed E-state index contributed by atoms with van der Waals surface area (Å²) in [4.78, 5) is 24.9. The Labute approximate surface area is 364 Å². The molecule has 0 N–H and O–H groups in total. The molecule has 7 nitrogen and oxygen atoms in total. The normalized spacial score (nSPS) is 11.8. The van der Waals surface area contributed by atoms with Crippen LogP contribution in [0.4, 0.5) is 0 Å². The van der Waals surface area contributed by atoms with E-state index in [1.54, 1.807) is 11.3 Å². The van der Waals surface area contributed by atoms with Crippen LogP contribution < -0.4 is 0 Å². The van der Waals surface area contributed by atoms with E-state index in [1.165, 1.54) is 16.2 Å². The number of aromatic nitrogens is 7. The van der Waals surface area contributed by atoms with E-state index in [9.17, 15) is 0 Å². The van der Waals surface area contributed by atoms with Crippen LogP contribution in [-0.4, -0.2) is 34.1 Å². The van der Waals surface area contributed by atoms with Gasteiger partial charge in [0.15, 0.2) is 5.82 Å². The number of hydrogen-bond donors (Lipinski definition) is 0. The monoisotopic (exact) mass is 823 g/mol. The lowest BCUT2D eigenvalue weighted by atomic mass is 10.0. The van der Waals surface area contributed by atoms with E-state index in [1.807, 2.05) is 48.9 Å². The summed E-state index contributed by atoms with van der Waals surface area (Å²) in [6.45, 7) is 0. The van der Waals surface area contributed by atoms with Crippen molar-refractivity contribution >= 4 is 75.4 Å². The Morgan fingerprint density at radius 2 is 1.06 bits per heavy atom. The van der Waals surface area contributed by atoms with E-state index in [4.69, 9.17) is 19.9 Å². The molecule has 6 aromatic carbocycles. The number of rotatable bonds is 6. The van der Waals surface area contributed by atoms with Crippen LogP contribution in [0.25, 0.3) is 121 Å². The van der Waals surface area contributed by atoms with Gasteiger partial charge in [0, 0.05) is 56.7 Å². The van der Waals surface area contributed by atoms with Gasteiger partial charge in [0.2, 0.25) is 0 Å². The van der Waals surface area contributed by atoms with Crippen LogP contribution >= 0.6 is 11.3 Å². The Morgan fingerprint density at radius 3 is 1.90 bits per heavy atom. The van der Waals surface area contributed by atoms with Crippen molar-refractivity contribution in [2.75, 3.05) is 0 Å². The largest absolute Gasteiger partial charge is 0.308 e. The van der Waals surface area contributed by atoms with Crippen LogP contribution in [0.15, 0.2) is 201 Å². The van der Waals surface area contributed by atoms with Crippen LogP contribution in [0.1, 0.15) is 0 Å². The van der Waals surface area contributed by atoms with Crippen LogP contribution in [0.3, 0.4) is 0 Å². The van der Waals surface area contributed by atoms with E-state index >= 15 is 0 Å². The van der Waals surface area contributed by atoms with E-state index < -0.39 is 0 Å². The minimum atomic E-state index is 0.683. The van der Waals surface area contributed by atoms with Crippen molar-refractivity contribution in [3.05, 3.63) is 201 Å². The number of pyridine rings is 3. The molecule has 0 saturated heterocycles. The molecule has 7 heterocycles. The van der Waals surface area contributed by atoms with Crippen LogP contribution in [0.2, 0.25) is 0 Å². The molecule has 8 heteroatoms. The number of thiophene rings is 1. The first kappa shape index (κ1) is 35.4. The summed E-state index contributed by atoms with van der Waals surface area (Å²) in [5.74, 6) is 1.50. The number of para-hydroxylation sites is 2. The van der Waals surface area contributed by atoms with Gasteiger partial charge in [-0.25, -0.2) is 15.0 Å². The fourth-order valence-corrected chi connectivity index (χ4v) is 10.2. The second-order valence-electron chi connectivity index (χ2n) is 15.8. The molecular formula is C55H33N7S. The van der Waals surface area contributed by atoms with Gasteiger partial charge >= 0.3 is 0 Å². The van der Waals surface area contributed by atoms with E-state index in [-0.39, 0.29) is 0 Å². The molecule has 13 aromatic rings. The highest BCUT2D eigenvalue weighted by Crippen LogP contribution is 2.40. The van der Waals surface area contributed by atoms with Gasteiger partial charge in [0.05, 0.1) is 54.7 Å². The molecule has 13 rings (SSSR count). The highest BCUT2D eigenvalue weighted by molar-refractivity contribution is 7.25. The molecule has 0 aliphatic carbocycles. The molecule has 0 saturated carbocycles. The Hall–Kier alpha value is -8.33. The molecule has 63 heavy (non-hydrogen) atoms. The first-order valence-electron chi connectivity index (χ1n) is 20.9. The van der Waals surface area contributed by atoms with Crippen molar-refractivity contribution in [1.29, 1.82) is 0 Å². The molecule has 0 spiro atoms. The maximum Gasteiger partial charge on any atom is 0.162 e. The quantitative estimate of drug-likeness (QED) is 0.167. The third-order valence-electron chi connectivity index (χ3n) is 12.1. The first-order valence-corrected chi connectivity index (χ1v) is 21.7. The van der Waals surface area contributed by atoms with Gasteiger partial charge in [0.1, 0.15) is 16.9 Å². The highest BCUT2D eigenvalue weighted by Gasteiger charge is 2.19. The van der Waals surface area contributed by atoms with Crippen molar-refractivity contribution in [2.24, 2.45) is 0 Å². The standard InChI is InChI=1S/C55H33N7S/c1-3-12-34(13-4-1)45-31-52(60-55(59-45)35-14-5-2-6-15-35)62-47-19-10-7-16-40(47)42-23-21-37(30-49(42)62)36-22-25-48-43(29-36)41-17-8-9-18-46(41)61(48)39-28-38(32-56-33-39)44-24-26-51-54(58-44)53-50(63-51)20-11-27-57-53/h1-33H. The summed E-state index contributed by atoms with van der Waals surface area (Å²) in [6, 6.07) is 64.0. The van der Waals surface area contributed by atoms with Gasteiger partial charge in [-0.15, -0.1) is 11.3 Å². The summed E-state index contributed by atoms with van der Waals surface area (Å²) >= 11 is 1.72. The van der Waals surface area contributed by atoms with Gasteiger partial charge in [-0.2, -0.15) is 0 Å². The average Bonchev–Trinajstić information content (AvgIpc) is 4.01. The van der Waals surface area contributed by atoms with Crippen LogP contribution in [0.5, 0.6) is 0 Å². The van der Waals surface area contributed by atoms with Crippen molar-refractivity contribution in [2.45, 2.75) is 0 Å². The van der Waals surface area contributed by atoms with Gasteiger partial charge in [-0.1, -0.05) is 115 Å². The minimum absolute atomic E-state index is 0.683. The van der Waals surface area contributed by atoms with Gasteiger partial charge in [0.25, 0.3) is 0 Å². The second-order valence-corrected chi connectivity index (χ2v) is 16.8. The molecule has 0 aliphatic rings. The molecule has 0 fully saturated rings. The lowest BCUT2D eigenvalue weighted by Gasteiger charge is -2.13. The molecule has 0 aliphatic heterocycles. The molecule has 0 amide bonds. The number of benzene rings is 6. The fourth-order valence-electron chi connectivity index (χ4n) is 9.17. The highest BCUT2D eigenvalue weighted by atomic mass is 32.1. The zero-order valence-corrected chi connectivity index (χ0v) is 34.4. The summed E-state index contributed by atoms with van der Waals surface area (Å²) in [5, 5.41) is 4.68. The maximum atomic E-state index is 5.27. The molecule has 0 unspecified atom stereocenters. The summed E-state index contributed by atoms with van der Waals surface area (Å²) in [5.41, 5.74) is 14.2. The summed E-state index contributed by atoms with van der Waals surface area (Å²) in [6.07, 6.45) is 5.67. The molecule has 294 valence electrons. The fraction of sp³-hybridized carbons (Fsp3) is 0. The van der Waals surface area contributed by atoms with Crippen molar-refractivity contribution in [1.82, 2.24) is 34.1 Å². The molecular weight excluding hydrogens is 791 g/mol. The van der Waals surface area contributed by atoms with Gasteiger partial charge < -0.3 is 4.57 Å². The maximum absolute atomic E-state index is 5.27. The molecule has 7 aromatic heterocycles. The topological polar surface area (TPSA) is 74.3 Å². The third-order valence-corrected chi connectivity index (χ3v) is 13.2. The van der Waals surface area contributed by atoms with Crippen LogP contribution in [0, 0.1) is 0 Å². The van der Waals surface area contributed by atoms with E-state index in [2.05, 4.69) is 166 Å². The van der Waals surface area contributed by atoms with Crippen molar-refractivity contribution in [3.8, 4) is 56.5 Å². The lowest BCUT2D eigenvalue weighted by Crippen LogP contribution is -2.02. The van der Waals surface area contributed by atoms with Crippen molar-refractivity contribution < 1.29 is 0 Å². The zero-order valence-electron chi connectivity index (χ0n) is 33.6. The zero-order chi connectivity index (χ0) is 41.4. The molecule has 0 radical (unpaired) electrons. The molecule has 0 bridgehead atoms. The second kappa shape index (κ2) is 14.1. The minimum Gasteiger partial charge on any atom is -0.308 e. The van der Waals surface area contributed by atoms with E-state index in [0.717, 1.165) is 98.6 Å². The Kier molecular flexibility index (Phi) is 7.94. The first-order chi connectivity index (χ1) is 31.2. The number of nitrogens with zero attached hydrogens (tertiary/aromatic N) is 7. The number of hydrogen-bond acceptors (Lipinski definition) is 6. The predicted octanol–water partition coefficient (Wildman–Crippen LogP) is 13.9. The van der Waals surface area contributed by atoms with Crippen molar-refractivity contribution in [3.63, 3.8) is 0 Å². The Bertz CT molecular complexity index is 3870. The third kappa shape index (κ3) is 5.76. The van der Waals surface area contributed by atoms with Gasteiger partial charge in [-0.3, -0.25) is 14.5 Å². The Balaban J connectivity index is 0.961. The smallest absolute Gasteiger partial charge is 0.162 e. The van der Waals surface area contributed by atoms with E-state index in [0.29, 0.717) is 5.82 Å².